The van der Waals surface area contributed by atoms with Crippen LogP contribution in [0.2, 0.25) is 0 Å². The zero-order valence-electron chi connectivity index (χ0n) is 6.28. The van der Waals surface area contributed by atoms with Crippen LogP contribution in [-0.4, -0.2) is 5.11 Å². The fraction of sp³-hybridized carbons (Fsp3) is 0.250. The topological polar surface area (TPSA) is 20.2 Å². The molecule has 0 fully saturated rings. The lowest BCUT2D eigenvalue weighted by atomic mass is 10.1. The predicted octanol–water partition coefficient (Wildman–Crippen LogP) is 2.80. The molecule has 0 atom stereocenters. The zero-order valence-corrected chi connectivity index (χ0v) is 7.91. The lowest BCUT2D eigenvalue weighted by molar-refractivity contribution is 0.469. The third kappa shape index (κ3) is 3.49. The lowest BCUT2D eigenvalue weighted by Gasteiger charge is -1.97. The van der Waals surface area contributed by atoms with Gasteiger partial charge < -0.3 is 5.11 Å². The minimum Gasteiger partial charge on any atom is -0.508 e. The van der Waals surface area contributed by atoms with Gasteiger partial charge in [-0.05, 0) is 18.1 Å². The van der Waals surface area contributed by atoms with E-state index >= 15 is 0 Å². The standard InChI is InChI=1S/C8H10O.2ClH/c1-2-7-5-3-4-6-8(7)9;;/h3-6,9H,2H2,1H3;2*1H. The summed E-state index contributed by atoms with van der Waals surface area (Å²) in [6, 6.07) is 7.39. The summed E-state index contributed by atoms with van der Waals surface area (Å²) in [5.74, 6) is 0.403. The average molecular weight is 195 g/mol. The maximum absolute atomic E-state index is 9.11. The summed E-state index contributed by atoms with van der Waals surface area (Å²) in [6.45, 7) is 2.02. The van der Waals surface area contributed by atoms with Crippen LogP contribution >= 0.6 is 24.8 Å². The highest BCUT2D eigenvalue weighted by Crippen LogP contribution is 2.14. The molecule has 0 amide bonds. The van der Waals surface area contributed by atoms with E-state index in [-0.39, 0.29) is 24.8 Å². The van der Waals surface area contributed by atoms with Gasteiger partial charge >= 0.3 is 0 Å². The van der Waals surface area contributed by atoms with Gasteiger partial charge in [0.05, 0.1) is 0 Å². The Kier molecular flexibility index (Phi) is 7.59. The Bertz CT molecular complexity index is 201. The van der Waals surface area contributed by atoms with Crippen LogP contribution in [0.25, 0.3) is 0 Å². The molecular weight excluding hydrogens is 183 g/mol. The molecule has 11 heavy (non-hydrogen) atoms. The molecule has 0 aromatic heterocycles. The van der Waals surface area contributed by atoms with Crippen molar-refractivity contribution >= 4 is 24.8 Å². The number of hydrogen-bond acceptors (Lipinski definition) is 1. The number of para-hydroxylation sites is 1. The molecule has 0 aliphatic rings. The van der Waals surface area contributed by atoms with E-state index in [0.717, 1.165) is 12.0 Å². The third-order valence-corrected chi connectivity index (χ3v) is 1.37. The molecular formula is C8H12Cl2O. The van der Waals surface area contributed by atoms with Gasteiger partial charge in [-0.15, -0.1) is 24.8 Å². The van der Waals surface area contributed by atoms with Gasteiger partial charge in [0.2, 0.25) is 0 Å². The number of phenols is 1. The molecule has 0 saturated heterocycles. The Balaban J connectivity index is 0. The molecule has 0 heterocycles. The van der Waals surface area contributed by atoms with Crippen molar-refractivity contribution in [2.45, 2.75) is 13.3 Å². The number of hydrogen-bond donors (Lipinski definition) is 1. The normalized spacial score (nSPS) is 7.73. The van der Waals surface area contributed by atoms with Crippen LogP contribution in [-0.2, 0) is 6.42 Å². The van der Waals surface area contributed by atoms with Crippen molar-refractivity contribution < 1.29 is 5.11 Å². The van der Waals surface area contributed by atoms with E-state index < -0.39 is 0 Å². The maximum atomic E-state index is 9.11. The van der Waals surface area contributed by atoms with Crippen LogP contribution in [0.15, 0.2) is 24.3 Å². The van der Waals surface area contributed by atoms with Gasteiger partial charge in [-0.3, -0.25) is 0 Å². The highest BCUT2D eigenvalue weighted by atomic mass is 35.5. The molecule has 64 valence electrons. The third-order valence-electron chi connectivity index (χ3n) is 1.37. The molecule has 0 saturated carbocycles. The van der Waals surface area contributed by atoms with Gasteiger partial charge in [0.1, 0.15) is 5.75 Å². The zero-order chi connectivity index (χ0) is 6.69. The van der Waals surface area contributed by atoms with Gasteiger partial charge in [0, 0.05) is 0 Å². The minimum absolute atomic E-state index is 0. The Morgan fingerprint density at radius 1 is 1.18 bits per heavy atom. The van der Waals surface area contributed by atoms with Crippen LogP contribution in [0.3, 0.4) is 0 Å². The van der Waals surface area contributed by atoms with E-state index in [2.05, 4.69) is 0 Å². The molecule has 0 aliphatic carbocycles. The Morgan fingerprint density at radius 3 is 2.09 bits per heavy atom. The monoisotopic (exact) mass is 194 g/mol. The average Bonchev–Trinajstić information content (AvgIpc) is 1.89. The molecule has 0 radical (unpaired) electrons. The van der Waals surface area contributed by atoms with Crippen LogP contribution in [0.1, 0.15) is 12.5 Å². The molecule has 1 nitrogen and oxygen atoms in total. The van der Waals surface area contributed by atoms with Crippen LogP contribution in [0, 0.1) is 0 Å². The summed E-state index contributed by atoms with van der Waals surface area (Å²) in [5.41, 5.74) is 1.01. The molecule has 0 unspecified atom stereocenters. The van der Waals surface area contributed by atoms with E-state index in [1.165, 1.54) is 0 Å². The first kappa shape index (κ1) is 13.2. The van der Waals surface area contributed by atoms with Crippen molar-refractivity contribution in [3.05, 3.63) is 29.8 Å². The molecule has 1 aromatic rings. The summed E-state index contributed by atoms with van der Waals surface area (Å²) >= 11 is 0. The second-order valence-electron chi connectivity index (χ2n) is 1.98. The fourth-order valence-corrected chi connectivity index (χ4v) is 0.810. The number of benzene rings is 1. The number of halogens is 2. The smallest absolute Gasteiger partial charge is 0.118 e. The Morgan fingerprint density at radius 2 is 1.73 bits per heavy atom. The summed E-state index contributed by atoms with van der Waals surface area (Å²) in [5, 5.41) is 9.11. The minimum atomic E-state index is 0. The van der Waals surface area contributed by atoms with Crippen molar-refractivity contribution in [2.75, 3.05) is 0 Å². The second-order valence-corrected chi connectivity index (χ2v) is 1.98. The fourth-order valence-electron chi connectivity index (χ4n) is 0.810. The molecule has 0 aliphatic heterocycles. The van der Waals surface area contributed by atoms with E-state index in [9.17, 15) is 0 Å². The summed E-state index contributed by atoms with van der Waals surface area (Å²) < 4.78 is 0. The number of phenolic OH excluding ortho intramolecular Hbond substituents is 1. The first-order chi connectivity index (χ1) is 4.34. The summed E-state index contributed by atoms with van der Waals surface area (Å²) in [4.78, 5) is 0. The van der Waals surface area contributed by atoms with Crippen molar-refractivity contribution in [3.63, 3.8) is 0 Å². The second kappa shape index (κ2) is 6.32. The van der Waals surface area contributed by atoms with E-state index in [1.807, 2.05) is 25.1 Å². The maximum Gasteiger partial charge on any atom is 0.118 e. The number of rotatable bonds is 1. The van der Waals surface area contributed by atoms with Crippen molar-refractivity contribution in [1.29, 1.82) is 0 Å². The van der Waals surface area contributed by atoms with E-state index in [1.54, 1.807) is 6.07 Å². The SMILES string of the molecule is CCc1ccccc1O.Cl.Cl. The van der Waals surface area contributed by atoms with Gasteiger partial charge in [0.25, 0.3) is 0 Å². The van der Waals surface area contributed by atoms with Crippen LogP contribution in [0.4, 0.5) is 0 Å². The van der Waals surface area contributed by atoms with E-state index in [0.29, 0.717) is 5.75 Å². The molecule has 0 spiro atoms. The van der Waals surface area contributed by atoms with Gasteiger partial charge in [-0.2, -0.15) is 0 Å². The first-order valence-electron chi connectivity index (χ1n) is 3.11. The van der Waals surface area contributed by atoms with Gasteiger partial charge in [-0.25, -0.2) is 0 Å². The number of aromatic hydroxyl groups is 1. The van der Waals surface area contributed by atoms with Crippen molar-refractivity contribution in [3.8, 4) is 5.75 Å². The molecule has 1 rings (SSSR count). The Labute approximate surface area is 79.3 Å². The van der Waals surface area contributed by atoms with Crippen molar-refractivity contribution in [1.82, 2.24) is 0 Å². The summed E-state index contributed by atoms with van der Waals surface area (Å²) in [7, 11) is 0. The highest BCUT2D eigenvalue weighted by Gasteiger charge is 1.92. The van der Waals surface area contributed by atoms with E-state index in [4.69, 9.17) is 5.11 Å². The largest absolute Gasteiger partial charge is 0.508 e. The Hall–Kier alpha value is -0.400. The van der Waals surface area contributed by atoms with Gasteiger partial charge in [0.15, 0.2) is 0 Å². The van der Waals surface area contributed by atoms with Crippen molar-refractivity contribution in [2.24, 2.45) is 0 Å². The predicted molar refractivity (Wildman–Crippen MR) is 52.0 cm³/mol. The summed E-state index contributed by atoms with van der Waals surface area (Å²) in [6.07, 6.45) is 0.896. The first-order valence-corrected chi connectivity index (χ1v) is 3.11. The quantitative estimate of drug-likeness (QED) is 0.730. The molecule has 1 aromatic carbocycles. The van der Waals surface area contributed by atoms with Gasteiger partial charge in [-0.1, -0.05) is 25.1 Å². The molecule has 0 bridgehead atoms. The number of aryl methyl sites for hydroxylation is 1. The van der Waals surface area contributed by atoms with Crippen LogP contribution < -0.4 is 0 Å². The highest BCUT2D eigenvalue weighted by molar-refractivity contribution is 5.85. The molecule has 3 heteroatoms. The lowest BCUT2D eigenvalue weighted by Crippen LogP contribution is -1.77. The molecule has 1 N–H and O–H groups in total. The van der Waals surface area contributed by atoms with Crippen LogP contribution in [0.5, 0.6) is 5.75 Å².